The number of phosphoric acid groups is 1. The fourth-order valence-electron chi connectivity index (χ4n) is 6.49. The van der Waals surface area contributed by atoms with Crippen molar-refractivity contribution in [1.29, 1.82) is 0 Å². The van der Waals surface area contributed by atoms with Crippen molar-refractivity contribution in [2.24, 2.45) is 0 Å². The maximum atomic E-state index is 12.9. The van der Waals surface area contributed by atoms with E-state index in [-0.39, 0.29) is 18.9 Å². The van der Waals surface area contributed by atoms with Gasteiger partial charge in [0.2, 0.25) is 5.91 Å². The molecule has 0 bridgehead atoms. The minimum Gasteiger partial charge on any atom is -0.756 e. The second-order valence-corrected chi connectivity index (χ2v) is 19.5. The number of aliphatic hydroxyl groups excluding tert-OH is 1. The first-order chi connectivity index (χ1) is 32.5. The molecule has 0 saturated carbocycles. The third-order valence-corrected chi connectivity index (χ3v) is 11.5. The summed E-state index contributed by atoms with van der Waals surface area (Å²) >= 11 is 0. The third-order valence-electron chi connectivity index (χ3n) is 10.6. The Labute approximate surface area is 411 Å². The van der Waals surface area contributed by atoms with E-state index >= 15 is 0 Å². The van der Waals surface area contributed by atoms with Crippen molar-refractivity contribution in [2.45, 2.75) is 187 Å². The Morgan fingerprint density at radius 1 is 0.537 bits per heavy atom. The summed E-state index contributed by atoms with van der Waals surface area (Å²) in [5.41, 5.74) is 0. The summed E-state index contributed by atoms with van der Waals surface area (Å²) in [4.78, 5) is 25.4. The number of aliphatic hydroxyl groups is 1. The van der Waals surface area contributed by atoms with E-state index in [1.165, 1.54) is 51.4 Å². The molecule has 2 N–H and O–H groups in total. The van der Waals surface area contributed by atoms with Crippen LogP contribution in [0.15, 0.2) is 134 Å². The number of nitrogens with zero attached hydrogens (tertiary/aromatic N) is 1. The monoisotopic (exact) mass is 949 g/mol. The molecule has 0 spiro atoms. The van der Waals surface area contributed by atoms with Crippen LogP contribution >= 0.6 is 7.82 Å². The number of amides is 1. The molecule has 0 radical (unpaired) electrons. The van der Waals surface area contributed by atoms with Gasteiger partial charge < -0.3 is 28.8 Å². The van der Waals surface area contributed by atoms with Crippen LogP contribution in [0, 0.1) is 0 Å². The van der Waals surface area contributed by atoms with E-state index in [4.69, 9.17) is 9.05 Å². The Kier molecular flexibility index (Phi) is 45.3. The summed E-state index contributed by atoms with van der Waals surface area (Å²) in [6.07, 6.45) is 72.3. The molecule has 8 nitrogen and oxygen atoms in total. The minimum absolute atomic E-state index is 0.0259. The number of phosphoric ester groups is 1. The first-order valence-corrected chi connectivity index (χ1v) is 27.5. The smallest absolute Gasteiger partial charge is 0.268 e. The molecule has 67 heavy (non-hydrogen) atoms. The third kappa shape index (κ3) is 50.3. The maximum Gasteiger partial charge on any atom is 0.268 e. The maximum absolute atomic E-state index is 12.9. The van der Waals surface area contributed by atoms with Gasteiger partial charge >= 0.3 is 0 Å². The Morgan fingerprint density at radius 2 is 0.925 bits per heavy atom. The van der Waals surface area contributed by atoms with Gasteiger partial charge in [-0.1, -0.05) is 192 Å². The number of likely N-dealkylation sites (N-methyl/N-ethyl adjacent to an activating group) is 1. The molecule has 3 atom stereocenters. The van der Waals surface area contributed by atoms with Crippen molar-refractivity contribution in [3.05, 3.63) is 134 Å². The van der Waals surface area contributed by atoms with Gasteiger partial charge in [0.05, 0.1) is 39.9 Å². The van der Waals surface area contributed by atoms with Crippen LogP contribution < -0.4 is 10.2 Å². The molecule has 0 aliphatic heterocycles. The molecular formula is C58H97N2O6P. The molecule has 0 fully saturated rings. The molecule has 0 heterocycles. The predicted molar refractivity (Wildman–Crippen MR) is 288 cm³/mol. The average molecular weight is 949 g/mol. The van der Waals surface area contributed by atoms with Crippen LogP contribution in [-0.2, 0) is 18.4 Å². The van der Waals surface area contributed by atoms with Crippen molar-refractivity contribution >= 4 is 13.7 Å². The molecule has 1 amide bonds. The summed E-state index contributed by atoms with van der Waals surface area (Å²) in [5, 5.41) is 13.8. The zero-order valence-corrected chi connectivity index (χ0v) is 43.9. The minimum atomic E-state index is -4.63. The molecule has 3 unspecified atom stereocenters. The second kappa shape index (κ2) is 47.7. The van der Waals surface area contributed by atoms with E-state index in [0.29, 0.717) is 23.9 Å². The van der Waals surface area contributed by atoms with Crippen molar-refractivity contribution in [2.75, 3.05) is 40.9 Å². The molecule has 0 aromatic heterocycles. The van der Waals surface area contributed by atoms with Gasteiger partial charge in [0, 0.05) is 6.42 Å². The highest BCUT2D eigenvalue weighted by Crippen LogP contribution is 2.38. The van der Waals surface area contributed by atoms with E-state index in [2.05, 4.69) is 141 Å². The highest BCUT2D eigenvalue weighted by molar-refractivity contribution is 7.45. The molecule has 0 aliphatic carbocycles. The lowest BCUT2D eigenvalue weighted by Gasteiger charge is -2.29. The molecule has 0 aromatic rings. The Bertz CT molecular complexity index is 1540. The topological polar surface area (TPSA) is 108 Å². The first-order valence-electron chi connectivity index (χ1n) is 26.0. The lowest BCUT2D eigenvalue weighted by Crippen LogP contribution is -2.45. The number of allylic oxidation sites excluding steroid dienone is 21. The molecule has 0 aliphatic rings. The Hall–Kier alpha value is -3.36. The summed E-state index contributed by atoms with van der Waals surface area (Å²) in [7, 11) is 1.18. The van der Waals surface area contributed by atoms with E-state index in [1.807, 2.05) is 27.2 Å². The SMILES string of the molecule is CC/C=C\C/C=C\C/C=C\C/C=C\C/C=C\C/C=C\C/C=C\C/C=C\CCCCC(=O)NC(COP(=O)([O-])OCC[N+](C)(C)C)C(O)/C=C/CC/C=C/CC/C=C/CCCCCCCCCC. The largest absolute Gasteiger partial charge is 0.756 e. The number of unbranched alkanes of at least 4 members (excludes halogenated alkanes) is 12. The normalized spacial score (nSPS) is 15.1. The molecule has 0 rings (SSSR count). The highest BCUT2D eigenvalue weighted by Gasteiger charge is 2.23. The van der Waals surface area contributed by atoms with E-state index in [1.54, 1.807) is 6.08 Å². The average Bonchev–Trinajstić information content (AvgIpc) is 3.29. The summed E-state index contributed by atoms with van der Waals surface area (Å²) in [6, 6.07) is -0.944. The first kappa shape index (κ1) is 63.6. The van der Waals surface area contributed by atoms with Gasteiger partial charge in [0.15, 0.2) is 0 Å². The molecule has 0 aromatic carbocycles. The van der Waals surface area contributed by atoms with Crippen molar-refractivity contribution in [3.8, 4) is 0 Å². The van der Waals surface area contributed by atoms with Crippen LogP contribution in [0.4, 0.5) is 0 Å². The Morgan fingerprint density at radius 3 is 1.39 bits per heavy atom. The number of hydrogen-bond donors (Lipinski definition) is 2. The lowest BCUT2D eigenvalue weighted by molar-refractivity contribution is -0.870. The van der Waals surface area contributed by atoms with Crippen LogP contribution in [0.2, 0.25) is 0 Å². The van der Waals surface area contributed by atoms with Gasteiger partial charge in [-0.3, -0.25) is 9.36 Å². The van der Waals surface area contributed by atoms with Gasteiger partial charge in [-0.25, -0.2) is 0 Å². The van der Waals surface area contributed by atoms with Gasteiger partial charge in [-0.15, -0.1) is 0 Å². The number of carbonyl (C=O) groups is 1. The molecule has 0 saturated heterocycles. The van der Waals surface area contributed by atoms with E-state index < -0.39 is 26.6 Å². The number of hydrogen-bond acceptors (Lipinski definition) is 6. The van der Waals surface area contributed by atoms with Crippen LogP contribution in [0.5, 0.6) is 0 Å². The highest BCUT2D eigenvalue weighted by atomic mass is 31.2. The molecule has 380 valence electrons. The van der Waals surface area contributed by atoms with Crippen molar-refractivity contribution < 1.29 is 32.9 Å². The lowest BCUT2D eigenvalue weighted by atomic mass is 10.1. The Balaban J connectivity index is 4.50. The van der Waals surface area contributed by atoms with Crippen LogP contribution in [0.1, 0.15) is 174 Å². The fourth-order valence-corrected chi connectivity index (χ4v) is 7.21. The second-order valence-electron chi connectivity index (χ2n) is 18.1. The van der Waals surface area contributed by atoms with Gasteiger partial charge in [-0.05, 0) is 109 Å². The summed E-state index contributed by atoms with van der Waals surface area (Å²) in [6.45, 7) is 4.44. The van der Waals surface area contributed by atoms with Crippen molar-refractivity contribution in [1.82, 2.24) is 5.32 Å². The zero-order chi connectivity index (χ0) is 49.2. The standard InChI is InChI=1S/C58H97N2O6P/c1-6-8-10-12-14-16-18-20-22-24-26-27-28-29-30-31-32-33-34-36-38-40-42-44-46-48-50-52-58(62)59-56(55-66-67(63,64)65-54-53-60(3,4)5)57(61)51-49-47-45-43-41-39-37-35-25-23-21-19-17-15-13-11-9-7-2/h8,10,14,16,20,22,25-27,29-30,32-33,35-36,38,41-44,49,51,56-57,61H,6-7,9,11-13,15,17-19,21,23-24,28,31,34,37,39-40,45-48,50,52-55H2,1-5H3,(H-,59,62,63,64)/b10-8-,16-14-,22-20-,27-26-,30-29-,33-32-,35-25+,38-36-,43-41+,44-42-,51-49+. The quantitative estimate of drug-likeness (QED) is 0.0272. The fraction of sp³-hybridized carbons (Fsp3) is 0.603. The molecule has 9 heteroatoms. The van der Waals surface area contributed by atoms with E-state index in [9.17, 15) is 19.4 Å². The van der Waals surface area contributed by atoms with Gasteiger partial charge in [-0.2, -0.15) is 0 Å². The zero-order valence-electron chi connectivity index (χ0n) is 43.0. The van der Waals surface area contributed by atoms with Crippen LogP contribution in [0.3, 0.4) is 0 Å². The predicted octanol–water partition coefficient (Wildman–Crippen LogP) is 15.0. The van der Waals surface area contributed by atoms with Crippen LogP contribution in [-0.4, -0.2) is 68.5 Å². The number of quaternary nitrogens is 1. The van der Waals surface area contributed by atoms with Gasteiger partial charge in [0.1, 0.15) is 13.2 Å². The van der Waals surface area contributed by atoms with E-state index in [0.717, 1.165) is 89.9 Å². The number of nitrogens with one attached hydrogen (secondary N) is 1. The number of rotatable bonds is 45. The summed E-state index contributed by atoms with van der Waals surface area (Å²) in [5.74, 6) is -0.260. The van der Waals surface area contributed by atoms with Gasteiger partial charge in [0.25, 0.3) is 7.82 Å². The van der Waals surface area contributed by atoms with Crippen LogP contribution in [0.25, 0.3) is 0 Å². The van der Waals surface area contributed by atoms with Crippen molar-refractivity contribution in [3.63, 3.8) is 0 Å². The molecular weight excluding hydrogens is 852 g/mol. The summed E-state index contributed by atoms with van der Waals surface area (Å²) < 4.78 is 23.2. The number of carbonyl (C=O) groups excluding carboxylic acids is 1.